The number of halogens is 2. The summed E-state index contributed by atoms with van der Waals surface area (Å²) in [7, 11) is 0. The zero-order valence-electron chi connectivity index (χ0n) is 20.3. The molecular formula is C26H24Cl2N8O2. The van der Waals surface area contributed by atoms with Gasteiger partial charge in [-0.1, -0.05) is 53.5 Å². The zero-order chi connectivity index (χ0) is 27.2. The van der Waals surface area contributed by atoms with Gasteiger partial charge in [-0.05, 0) is 42.8 Å². The molecule has 0 aliphatic rings. The number of nitrogens with two attached hydrogens (primary N) is 2. The van der Waals surface area contributed by atoms with Crippen molar-refractivity contribution in [3.8, 4) is 11.3 Å². The van der Waals surface area contributed by atoms with Crippen LogP contribution in [-0.2, 0) is 11.2 Å². The molecule has 2 heterocycles. The summed E-state index contributed by atoms with van der Waals surface area (Å²) >= 11 is 12.0. The number of anilines is 2. The molecule has 0 fully saturated rings. The molecular weight excluding hydrogens is 527 g/mol. The third-order valence-electron chi connectivity index (χ3n) is 5.57. The maximum absolute atomic E-state index is 13.4. The Labute approximate surface area is 228 Å². The highest BCUT2D eigenvalue weighted by molar-refractivity contribution is 6.31. The van der Waals surface area contributed by atoms with E-state index in [9.17, 15) is 9.59 Å². The monoisotopic (exact) mass is 550 g/mol. The molecule has 4 rings (SSSR count). The number of nitrogens with one attached hydrogen (secondary N) is 1. The number of amides is 1. The van der Waals surface area contributed by atoms with E-state index in [1.54, 1.807) is 37.3 Å². The summed E-state index contributed by atoms with van der Waals surface area (Å²) in [5.74, 6) is 5.91. The maximum Gasteiger partial charge on any atom is 0.254 e. The molecule has 0 aliphatic carbocycles. The molecule has 5 N–H and O–H groups in total. The summed E-state index contributed by atoms with van der Waals surface area (Å²) in [6.45, 7) is 1.79. The molecule has 12 heteroatoms. The highest BCUT2D eigenvalue weighted by Gasteiger charge is 2.24. The van der Waals surface area contributed by atoms with E-state index in [0.717, 1.165) is 5.56 Å². The zero-order valence-corrected chi connectivity index (χ0v) is 21.8. The first-order valence-corrected chi connectivity index (χ1v) is 12.2. The molecule has 0 radical (unpaired) electrons. The van der Waals surface area contributed by atoms with Crippen LogP contribution in [0.15, 0.2) is 89.2 Å². The number of nitrogens with zero attached hydrogens (tertiary/aromatic N) is 5. The van der Waals surface area contributed by atoms with Crippen molar-refractivity contribution in [3.05, 3.63) is 111 Å². The lowest BCUT2D eigenvalue weighted by molar-refractivity contribution is -0.119. The van der Waals surface area contributed by atoms with Gasteiger partial charge in [-0.15, -0.1) is 5.10 Å². The van der Waals surface area contributed by atoms with Gasteiger partial charge >= 0.3 is 0 Å². The van der Waals surface area contributed by atoms with Crippen LogP contribution in [0.1, 0.15) is 17.3 Å². The van der Waals surface area contributed by atoms with Crippen LogP contribution >= 0.6 is 23.2 Å². The van der Waals surface area contributed by atoms with Crippen LogP contribution in [0.4, 0.5) is 11.5 Å². The Balaban J connectivity index is 1.73. The molecule has 2 aromatic carbocycles. The maximum atomic E-state index is 13.4. The van der Waals surface area contributed by atoms with Crippen LogP contribution in [0.2, 0.25) is 5.02 Å². The van der Waals surface area contributed by atoms with Crippen molar-refractivity contribution < 1.29 is 4.79 Å². The summed E-state index contributed by atoms with van der Waals surface area (Å²) < 4.78 is 1.27. The van der Waals surface area contributed by atoms with Gasteiger partial charge in [0, 0.05) is 23.1 Å². The average molecular weight is 551 g/mol. The van der Waals surface area contributed by atoms with Crippen molar-refractivity contribution in [1.29, 1.82) is 0 Å². The Hall–Kier alpha value is -4.25. The van der Waals surface area contributed by atoms with E-state index in [2.05, 4.69) is 20.5 Å². The first-order chi connectivity index (χ1) is 18.2. The molecule has 194 valence electrons. The largest absolute Gasteiger partial charge is 0.388 e. The van der Waals surface area contributed by atoms with Crippen LogP contribution in [0.3, 0.4) is 0 Å². The van der Waals surface area contributed by atoms with Crippen molar-refractivity contribution in [1.82, 2.24) is 19.7 Å². The summed E-state index contributed by atoms with van der Waals surface area (Å²) in [6.07, 6.45) is 2.87. The molecule has 0 saturated carbocycles. The van der Waals surface area contributed by atoms with Crippen LogP contribution in [0, 0.1) is 6.92 Å². The van der Waals surface area contributed by atoms with Gasteiger partial charge in [0.1, 0.15) is 11.2 Å². The predicted octanol–water partition coefficient (Wildman–Crippen LogP) is 3.76. The van der Waals surface area contributed by atoms with E-state index >= 15 is 0 Å². The third kappa shape index (κ3) is 6.54. The van der Waals surface area contributed by atoms with Crippen molar-refractivity contribution >= 4 is 40.6 Å². The van der Waals surface area contributed by atoms with E-state index in [4.69, 9.17) is 34.8 Å². The minimum atomic E-state index is -0.918. The Morgan fingerprint density at radius 3 is 2.55 bits per heavy atom. The van der Waals surface area contributed by atoms with Crippen molar-refractivity contribution in [3.63, 3.8) is 0 Å². The quantitative estimate of drug-likeness (QED) is 0.171. The normalized spacial score (nSPS) is 12.2. The standard InChI is InChI=1S/C26H24Cl2N8O2/c1-16-7-10-24(34-33-16)32-26(38)22(11-17-5-3-2-4-6-17)35-15-31-20(13-25(35)37)19-12-18(27)8-9-21(19)36(30)14-23(28)29/h2-10,12-15,22H,11,29-30H2,1H3,(H,32,34,38)/b23-14-. The van der Waals surface area contributed by atoms with Crippen molar-refractivity contribution in [2.24, 2.45) is 11.6 Å². The molecule has 0 aliphatic heterocycles. The molecule has 0 spiro atoms. The van der Waals surface area contributed by atoms with Gasteiger partial charge in [-0.3, -0.25) is 19.2 Å². The first kappa shape index (κ1) is 26.8. The highest BCUT2D eigenvalue weighted by atomic mass is 35.5. The summed E-state index contributed by atoms with van der Waals surface area (Å²) in [5, 5.41) is 12.3. The number of benzene rings is 2. The fourth-order valence-electron chi connectivity index (χ4n) is 3.76. The topological polar surface area (TPSA) is 145 Å². The van der Waals surface area contributed by atoms with Crippen molar-refractivity contribution in [2.45, 2.75) is 19.4 Å². The molecule has 1 amide bonds. The third-order valence-corrected chi connectivity index (χ3v) is 5.90. The summed E-state index contributed by atoms with van der Waals surface area (Å²) in [4.78, 5) is 31.2. The lowest BCUT2D eigenvalue weighted by atomic mass is 10.0. The van der Waals surface area contributed by atoms with Crippen LogP contribution in [0.25, 0.3) is 11.3 Å². The second kappa shape index (κ2) is 11.9. The van der Waals surface area contributed by atoms with Crippen LogP contribution in [0.5, 0.6) is 0 Å². The lowest BCUT2D eigenvalue weighted by Crippen LogP contribution is -2.35. The smallest absolute Gasteiger partial charge is 0.254 e. The number of hydrazine groups is 1. The first-order valence-electron chi connectivity index (χ1n) is 11.4. The highest BCUT2D eigenvalue weighted by Crippen LogP contribution is 2.31. The van der Waals surface area contributed by atoms with Crippen LogP contribution in [-0.4, -0.2) is 25.7 Å². The molecule has 2 aromatic heterocycles. The summed E-state index contributed by atoms with van der Waals surface area (Å²) in [6, 6.07) is 18.0. The number of rotatable bonds is 8. The second-order valence-corrected chi connectivity index (χ2v) is 9.23. The van der Waals surface area contributed by atoms with Crippen molar-refractivity contribution in [2.75, 3.05) is 10.3 Å². The SMILES string of the molecule is Cc1ccc(NC(=O)C(Cc2ccccc2)n2cnc(-c3cc(Cl)ccc3N(N)/C=C(\N)Cl)cc2=O)nn1. The van der Waals surface area contributed by atoms with Gasteiger partial charge in [0.15, 0.2) is 5.82 Å². The number of carbonyl (C=O) groups is 1. The number of hydrogen-bond donors (Lipinski definition) is 3. The number of aromatic nitrogens is 4. The Morgan fingerprint density at radius 2 is 1.89 bits per heavy atom. The Kier molecular flexibility index (Phi) is 8.37. The molecule has 10 nitrogen and oxygen atoms in total. The van der Waals surface area contributed by atoms with Crippen LogP contribution < -0.4 is 27.5 Å². The number of aryl methyl sites for hydroxylation is 1. The fourth-order valence-corrected chi connectivity index (χ4v) is 4.04. The molecule has 1 atom stereocenters. The Morgan fingerprint density at radius 1 is 1.13 bits per heavy atom. The van der Waals surface area contributed by atoms with Gasteiger partial charge in [-0.2, -0.15) is 5.10 Å². The average Bonchev–Trinajstić information content (AvgIpc) is 2.89. The van der Waals surface area contributed by atoms with Gasteiger partial charge in [0.05, 0.1) is 29.6 Å². The lowest BCUT2D eigenvalue weighted by Gasteiger charge is -2.21. The second-order valence-electron chi connectivity index (χ2n) is 8.36. The number of hydrogen-bond acceptors (Lipinski definition) is 8. The minimum Gasteiger partial charge on any atom is -0.388 e. The van der Waals surface area contributed by atoms with E-state index in [0.29, 0.717) is 27.7 Å². The van der Waals surface area contributed by atoms with E-state index in [-0.39, 0.29) is 17.4 Å². The molecule has 1 unspecified atom stereocenters. The summed E-state index contributed by atoms with van der Waals surface area (Å²) in [5.41, 5.74) is 7.88. The molecule has 38 heavy (non-hydrogen) atoms. The fraction of sp³-hybridized carbons (Fsp3) is 0.115. The van der Waals surface area contributed by atoms with Gasteiger partial charge in [-0.25, -0.2) is 10.8 Å². The van der Waals surface area contributed by atoms with Gasteiger partial charge in [0.2, 0.25) is 5.91 Å². The molecule has 4 aromatic rings. The minimum absolute atomic E-state index is 0.0372. The van der Waals surface area contributed by atoms with Gasteiger partial charge < -0.3 is 11.1 Å². The van der Waals surface area contributed by atoms with E-state index in [1.165, 1.54) is 28.2 Å². The van der Waals surface area contributed by atoms with Gasteiger partial charge in [0.25, 0.3) is 5.56 Å². The molecule has 0 bridgehead atoms. The molecule has 0 saturated heterocycles. The Bertz CT molecular complexity index is 1520. The van der Waals surface area contributed by atoms with E-state index < -0.39 is 17.5 Å². The predicted molar refractivity (Wildman–Crippen MR) is 148 cm³/mol. The van der Waals surface area contributed by atoms with E-state index in [1.807, 2.05) is 30.3 Å². The number of carbonyl (C=O) groups excluding carboxylic acids is 1.